The third kappa shape index (κ3) is 3.17. The molecule has 1 atom stereocenters. The molecule has 2 aromatic rings. The molecule has 20 heavy (non-hydrogen) atoms. The van der Waals surface area contributed by atoms with E-state index in [0.29, 0.717) is 5.69 Å². The number of carbonyl (C=O) groups is 1. The Morgan fingerprint density at radius 3 is 2.70 bits per heavy atom. The van der Waals surface area contributed by atoms with Crippen molar-refractivity contribution >= 4 is 21.8 Å². The van der Waals surface area contributed by atoms with Crippen LogP contribution in [0.1, 0.15) is 29.0 Å². The van der Waals surface area contributed by atoms with Crippen molar-refractivity contribution < 1.29 is 9.90 Å². The van der Waals surface area contributed by atoms with Gasteiger partial charge >= 0.3 is 0 Å². The summed E-state index contributed by atoms with van der Waals surface area (Å²) < 4.78 is 0.831. The first-order valence-corrected chi connectivity index (χ1v) is 6.96. The Morgan fingerprint density at radius 2 is 2.10 bits per heavy atom. The smallest absolute Gasteiger partial charge is 0.272 e. The fourth-order valence-corrected chi connectivity index (χ4v) is 2.10. The van der Waals surface area contributed by atoms with Gasteiger partial charge in [0, 0.05) is 17.7 Å². The molecule has 1 amide bonds. The van der Waals surface area contributed by atoms with Crippen molar-refractivity contribution in [3.05, 3.63) is 58.3 Å². The lowest BCUT2D eigenvalue weighted by Crippen LogP contribution is -2.30. The number of hydrogen-bond donors (Lipinski definition) is 1. The summed E-state index contributed by atoms with van der Waals surface area (Å²) in [6.07, 6.45) is 1.60. The zero-order valence-corrected chi connectivity index (χ0v) is 12.8. The largest absolute Gasteiger partial charge is 0.508 e. The molecule has 0 aliphatic heterocycles. The molecule has 1 N–H and O–H groups in total. The molecule has 2 rings (SSSR count). The highest BCUT2D eigenvalue weighted by atomic mass is 79.9. The Labute approximate surface area is 126 Å². The van der Waals surface area contributed by atoms with Crippen molar-refractivity contribution in [3.63, 3.8) is 0 Å². The molecule has 5 heteroatoms. The Balaban J connectivity index is 2.20. The third-order valence-electron chi connectivity index (χ3n) is 3.20. The van der Waals surface area contributed by atoms with E-state index in [-0.39, 0.29) is 17.7 Å². The Morgan fingerprint density at radius 1 is 1.35 bits per heavy atom. The predicted octanol–water partition coefficient (Wildman–Crippen LogP) is 3.38. The van der Waals surface area contributed by atoms with E-state index in [4.69, 9.17) is 0 Å². The number of pyridine rings is 1. The Hall–Kier alpha value is -1.88. The number of halogens is 1. The molecule has 1 heterocycles. The second-order valence-electron chi connectivity index (χ2n) is 4.55. The van der Waals surface area contributed by atoms with E-state index in [1.807, 2.05) is 13.0 Å². The maximum atomic E-state index is 12.3. The molecule has 0 saturated heterocycles. The van der Waals surface area contributed by atoms with Crippen molar-refractivity contribution in [1.82, 2.24) is 9.88 Å². The fraction of sp³-hybridized carbons (Fsp3) is 0.200. The highest BCUT2D eigenvalue weighted by molar-refractivity contribution is 9.10. The predicted molar refractivity (Wildman–Crippen MR) is 80.6 cm³/mol. The number of aromatic hydroxyl groups is 1. The molecule has 0 unspecified atom stereocenters. The van der Waals surface area contributed by atoms with Crippen LogP contribution in [0.15, 0.2) is 47.1 Å². The maximum absolute atomic E-state index is 12.3. The molecule has 0 bridgehead atoms. The van der Waals surface area contributed by atoms with Crippen molar-refractivity contribution in [2.45, 2.75) is 13.0 Å². The summed E-state index contributed by atoms with van der Waals surface area (Å²) >= 11 is 3.29. The molecule has 1 aromatic carbocycles. The van der Waals surface area contributed by atoms with Gasteiger partial charge in [0.25, 0.3) is 5.91 Å². The van der Waals surface area contributed by atoms with Crippen molar-refractivity contribution in [1.29, 1.82) is 0 Å². The van der Waals surface area contributed by atoms with Crippen LogP contribution < -0.4 is 0 Å². The van der Waals surface area contributed by atoms with E-state index < -0.39 is 0 Å². The van der Waals surface area contributed by atoms with Crippen molar-refractivity contribution in [2.24, 2.45) is 0 Å². The quantitative estimate of drug-likeness (QED) is 0.936. The lowest BCUT2D eigenvalue weighted by Gasteiger charge is -2.25. The lowest BCUT2D eigenvalue weighted by molar-refractivity contribution is 0.0736. The molecule has 0 aliphatic carbocycles. The summed E-state index contributed by atoms with van der Waals surface area (Å²) in [5.41, 5.74) is 1.26. The van der Waals surface area contributed by atoms with E-state index >= 15 is 0 Å². The number of benzene rings is 1. The van der Waals surface area contributed by atoms with Gasteiger partial charge in [-0.15, -0.1) is 0 Å². The molecule has 0 radical (unpaired) electrons. The van der Waals surface area contributed by atoms with Crippen LogP contribution in [0.3, 0.4) is 0 Å². The number of phenols is 1. The number of rotatable bonds is 3. The topological polar surface area (TPSA) is 53.4 Å². The highest BCUT2D eigenvalue weighted by Gasteiger charge is 2.20. The van der Waals surface area contributed by atoms with E-state index in [2.05, 4.69) is 20.9 Å². The van der Waals surface area contributed by atoms with Gasteiger partial charge in [-0.2, -0.15) is 0 Å². The minimum Gasteiger partial charge on any atom is -0.508 e. The van der Waals surface area contributed by atoms with Crippen molar-refractivity contribution in [2.75, 3.05) is 7.05 Å². The average Bonchev–Trinajstić information content (AvgIpc) is 2.46. The molecular weight excluding hydrogens is 320 g/mol. The maximum Gasteiger partial charge on any atom is 0.272 e. The van der Waals surface area contributed by atoms with Crippen LogP contribution in [0.4, 0.5) is 0 Å². The SMILES string of the molecule is C[C@H](c1cccc(O)c1)N(C)C(=O)c1ccc(Br)cn1. The van der Waals surface area contributed by atoms with Gasteiger partial charge in [0.1, 0.15) is 11.4 Å². The molecule has 4 nitrogen and oxygen atoms in total. The summed E-state index contributed by atoms with van der Waals surface area (Å²) in [6, 6.07) is 10.2. The minimum absolute atomic E-state index is 0.153. The van der Waals surface area contributed by atoms with Gasteiger partial charge in [-0.1, -0.05) is 12.1 Å². The van der Waals surface area contributed by atoms with Gasteiger partial charge in [0.15, 0.2) is 0 Å². The Kier molecular flexibility index (Phi) is 4.39. The van der Waals surface area contributed by atoms with E-state index in [1.165, 1.54) is 0 Å². The zero-order chi connectivity index (χ0) is 14.7. The second kappa shape index (κ2) is 6.05. The van der Waals surface area contributed by atoms with E-state index in [1.54, 1.807) is 48.5 Å². The molecule has 0 fully saturated rings. The molecule has 0 aliphatic rings. The van der Waals surface area contributed by atoms with Gasteiger partial charge in [-0.3, -0.25) is 4.79 Å². The van der Waals surface area contributed by atoms with Gasteiger partial charge < -0.3 is 10.0 Å². The number of nitrogens with zero attached hydrogens (tertiary/aromatic N) is 2. The number of aromatic nitrogens is 1. The van der Waals surface area contributed by atoms with E-state index in [9.17, 15) is 9.90 Å². The molecular formula is C15H15BrN2O2. The van der Waals surface area contributed by atoms with Crippen LogP contribution in [-0.2, 0) is 0 Å². The zero-order valence-electron chi connectivity index (χ0n) is 11.2. The van der Waals surface area contributed by atoms with Crippen molar-refractivity contribution in [3.8, 4) is 5.75 Å². The first kappa shape index (κ1) is 14.5. The second-order valence-corrected chi connectivity index (χ2v) is 5.46. The molecule has 1 aromatic heterocycles. The van der Waals surface area contributed by atoms with Crippen LogP contribution >= 0.6 is 15.9 Å². The van der Waals surface area contributed by atoms with Gasteiger partial charge in [0.05, 0.1) is 6.04 Å². The molecule has 0 saturated carbocycles. The van der Waals surface area contributed by atoms with Crippen LogP contribution in [0, 0.1) is 0 Å². The van der Waals surface area contributed by atoms with Gasteiger partial charge in [0.2, 0.25) is 0 Å². The normalized spacial score (nSPS) is 11.9. The average molecular weight is 335 g/mol. The summed E-state index contributed by atoms with van der Waals surface area (Å²) in [6.45, 7) is 1.91. The first-order chi connectivity index (χ1) is 9.49. The lowest BCUT2D eigenvalue weighted by atomic mass is 10.1. The minimum atomic E-state index is -0.159. The summed E-state index contributed by atoms with van der Waals surface area (Å²) in [7, 11) is 1.72. The number of phenolic OH excluding ortho intramolecular Hbond substituents is 1. The third-order valence-corrected chi connectivity index (χ3v) is 3.67. The molecule has 104 valence electrons. The summed E-state index contributed by atoms with van der Waals surface area (Å²) in [5.74, 6) is 0.0327. The fourth-order valence-electron chi connectivity index (χ4n) is 1.87. The van der Waals surface area contributed by atoms with Crippen LogP contribution in [0.5, 0.6) is 5.75 Å². The number of amides is 1. The van der Waals surface area contributed by atoms with Gasteiger partial charge in [-0.05, 0) is 52.7 Å². The molecule has 0 spiro atoms. The van der Waals surface area contributed by atoms with Crippen LogP contribution in [0.25, 0.3) is 0 Å². The van der Waals surface area contributed by atoms with Gasteiger partial charge in [-0.25, -0.2) is 4.98 Å². The van der Waals surface area contributed by atoms with Crippen LogP contribution in [0.2, 0.25) is 0 Å². The van der Waals surface area contributed by atoms with Crippen LogP contribution in [-0.4, -0.2) is 27.9 Å². The first-order valence-electron chi connectivity index (χ1n) is 6.16. The van der Waals surface area contributed by atoms with E-state index in [0.717, 1.165) is 10.0 Å². The Bertz CT molecular complexity index is 614. The number of carbonyl (C=O) groups excluding carboxylic acids is 1. The summed E-state index contributed by atoms with van der Waals surface area (Å²) in [5, 5.41) is 9.51. The highest BCUT2D eigenvalue weighted by Crippen LogP contribution is 2.23. The summed E-state index contributed by atoms with van der Waals surface area (Å²) in [4.78, 5) is 18.0. The standard InChI is InChI=1S/C15H15BrN2O2/c1-10(11-4-3-5-13(19)8-11)18(2)15(20)14-7-6-12(16)9-17-14/h3-10,19H,1-2H3/t10-/m1/s1. The monoisotopic (exact) mass is 334 g/mol. The number of hydrogen-bond acceptors (Lipinski definition) is 3.